The lowest BCUT2D eigenvalue weighted by molar-refractivity contribution is 0.00690. The second-order valence-corrected chi connectivity index (χ2v) is 8.96. The van der Waals surface area contributed by atoms with Crippen LogP contribution in [0.4, 0.5) is 20.6 Å². The van der Waals surface area contributed by atoms with Gasteiger partial charge in [0.15, 0.2) is 0 Å². The van der Waals surface area contributed by atoms with Crippen LogP contribution in [0.25, 0.3) is 0 Å². The fraction of sp³-hybridized carbons (Fsp3) is 0.600. The minimum absolute atomic E-state index is 0.0712. The summed E-state index contributed by atoms with van der Waals surface area (Å²) >= 11 is 0. The Bertz CT molecular complexity index is 740. The maximum absolute atomic E-state index is 14.5. The van der Waals surface area contributed by atoms with Crippen molar-refractivity contribution in [3.05, 3.63) is 23.8 Å². The molecule has 1 aromatic rings. The minimum atomic E-state index is -1.29. The summed E-state index contributed by atoms with van der Waals surface area (Å²) < 4.78 is 25.1. The molecule has 1 amide bonds. The lowest BCUT2D eigenvalue weighted by Crippen LogP contribution is -2.36. The summed E-state index contributed by atoms with van der Waals surface area (Å²) in [5.41, 5.74) is 5.79. The summed E-state index contributed by atoms with van der Waals surface area (Å²) in [6, 6.07) is 3.99. The van der Waals surface area contributed by atoms with Crippen LogP contribution in [0.15, 0.2) is 18.2 Å². The van der Waals surface area contributed by atoms with Crippen LogP contribution in [0.1, 0.15) is 51.9 Å². The van der Waals surface area contributed by atoms with E-state index >= 15 is 0 Å². The van der Waals surface area contributed by atoms with E-state index in [2.05, 4.69) is 5.32 Å². The number of nitrogens with one attached hydrogen (secondary N) is 1. The number of halogens is 1. The van der Waals surface area contributed by atoms with E-state index in [4.69, 9.17) is 15.2 Å². The predicted molar refractivity (Wildman–Crippen MR) is 106 cm³/mol. The third kappa shape index (κ3) is 6.00. The second kappa shape index (κ2) is 7.85. The van der Waals surface area contributed by atoms with Gasteiger partial charge in [-0.2, -0.15) is 0 Å². The lowest BCUT2D eigenvalue weighted by atomic mass is 10.1. The zero-order valence-electron chi connectivity index (χ0n) is 17.3. The van der Waals surface area contributed by atoms with Crippen molar-refractivity contribution in [2.24, 2.45) is 0 Å². The standard InChI is InChI=1S/C20H30FN3O4/c1-19(2,3)27-17(25)12-7-8-14(22)15(9-12)23-16-11-24(10-13(16)21)18(26)28-20(4,5)6/h7-9,13,16,23H,10-11,22H2,1-6H3/t13-,16?/m1/s1. The number of nitrogens with two attached hydrogens (primary N) is 1. The van der Waals surface area contributed by atoms with Crippen LogP contribution in [-0.4, -0.2) is 53.5 Å². The summed E-state index contributed by atoms with van der Waals surface area (Å²) in [6.45, 7) is 10.7. The molecule has 1 aromatic carbocycles. The lowest BCUT2D eigenvalue weighted by Gasteiger charge is -2.24. The Balaban J connectivity index is 2.09. The minimum Gasteiger partial charge on any atom is -0.456 e. The summed E-state index contributed by atoms with van der Waals surface area (Å²) in [6.07, 6.45) is -1.85. The number of ether oxygens (including phenoxy) is 2. The van der Waals surface area contributed by atoms with Crippen molar-refractivity contribution in [3.63, 3.8) is 0 Å². The van der Waals surface area contributed by atoms with Gasteiger partial charge >= 0.3 is 12.1 Å². The maximum Gasteiger partial charge on any atom is 0.410 e. The van der Waals surface area contributed by atoms with Crippen molar-refractivity contribution < 1.29 is 23.5 Å². The van der Waals surface area contributed by atoms with E-state index in [-0.39, 0.29) is 13.1 Å². The summed E-state index contributed by atoms with van der Waals surface area (Å²) in [5.74, 6) is -0.492. The van der Waals surface area contributed by atoms with Gasteiger partial charge in [0, 0.05) is 6.54 Å². The van der Waals surface area contributed by atoms with Crippen LogP contribution in [0.2, 0.25) is 0 Å². The van der Waals surface area contributed by atoms with Gasteiger partial charge < -0.3 is 25.4 Å². The molecule has 3 N–H and O–H groups in total. The van der Waals surface area contributed by atoms with E-state index in [1.54, 1.807) is 53.7 Å². The number of alkyl halides is 1. The van der Waals surface area contributed by atoms with Gasteiger partial charge in [-0.05, 0) is 59.7 Å². The van der Waals surface area contributed by atoms with Crippen LogP contribution in [0.5, 0.6) is 0 Å². The SMILES string of the molecule is CC(C)(C)OC(=O)c1ccc(N)c(NC2CN(C(=O)OC(C)(C)C)C[C@H]2F)c1. The van der Waals surface area contributed by atoms with Gasteiger partial charge in [0.05, 0.1) is 29.5 Å². The van der Waals surface area contributed by atoms with Crippen LogP contribution >= 0.6 is 0 Å². The first kappa shape index (κ1) is 21.8. The predicted octanol–water partition coefficient (Wildman–Crippen LogP) is 3.59. The molecule has 7 nitrogen and oxygen atoms in total. The second-order valence-electron chi connectivity index (χ2n) is 8.96. The largest absolute Gasteiger partial charge is 0.456 e. The van der Waals surface area contributed by atoms with Gasteiger partial charge in [-0.1, -0.05) is 0 Å². The van der Waals surface area contributed by atoms with Crippen molar-refractivity contribution >= 4 is 23.4 Å². The van der Waals surface area contributed by atoms with Crippen LogP contribution < -0.4 is 11.1 Å². The molecule has 0 saturated carbocycles. The Labute approximate surface area is 165 Å². The van der Waals surface area contributed by atoms with Crippen molar-refractivity contribution in [2.75, 3.05) is 24.1 Å². The molecule has 2 rings (SSSR count). The molecule has 0 spiro atoms. The zero-order valence-corrected chi connectivity index (χ0v) is 17.3. The molecule has 156 valence electrons. The molecule has 0 aromatic heterocycles. The average molecular weight is 395 g/mol. The monoisotopic (exact) mass is 395 g/mol. The molecule has 0 radical (unpaired) electrons. The molecular formula is C20H30FN3O4. The number of carbonyl (C=O) groups excluding carboxylic acids is 2. The number of benzene rings is 1. The smallest absolute Gasteiger partial charge is 0.410 e. The fourth-order valence-corrected chi connectivity index (χ4v) is 2.72. The summed E-state index contributed by atoms with van der Waals surface area (Å²) in [7, 11) is 0. The van der Waals surface area contributed by atoms with Crippen molar-refractivity contribution in [1.29, 1.82) is 0 Å². The first-order valence-corrected chi connectivity index (χ1v) is 9.26. The van der Waals surface area contributed by atoms with E-state index in [9.17, 15) is 14.0 Å². The number of rotatable bonds is 3. The average Bonchev–Trinajstić information content (AvgIpc) is 2.87. The van der Waals surface area contributed by atoms with Crippen LogP contribution in [0.3, 0.4) is 0 Å². The first-order valence-electron chi connectivity index (χ1n) is 9.26. The Morgan fingerprint density at radius 3 is 2.29 bits per heavy atom. The molecule has 1 unspecified atom stereocenters. The van der Waals surface area contributed by atoms with Crippen molar-refractivity contribution in [2.45, 2.75) is 65.0 Å². The highest BCUT2D eigenvalue weighted by Crippen LogP contribution is 2.26. The number of anilines is 2. The maximum atomic E-state index is 14.5. The molecule has 1 aliphatic rings. The summed E-state index contributed by atoms with van der Waals surface area (Å²) in [4.78, 5) is 25.8. The van der Waals surface area contributed by atoms with Gasteiger partial charge in [-0.25, -0.2) is 14.0 Å². The first-order chi connectivity index (χ1) is 12.7. The van der Waals surface area contributed by atoms with E-state index < -0.39 is 35.5 Å². The number of likely N-dealkylation sites (tertiary alicyclic amines) is 1. The quantitative estimate of drug-likeness (QED) is 0.600. The highest BCUT2D eigenvalue weighted by Gasteiger charge is 2.37. The topological polar surface area (TPSA) is 93.9 Å². The molecule has 1 saturated heterocycles. The number of nitrogen functional groups attached to an aromatic ring is 1. The van der Waals surface area contributed by atoms with E-state index in [1.807, 2.05) is 0 Å². The molecule has 28 heavy (non-hydrogen) atoms. The van der Waals surface area contributed by atoms with Gasteiger partial charge in [0.25, 0.3) is 0 Å². The fourth-order valence-electron chi connectivity index (χ4n) is 2.72. The van der Waals surface area contributed by atoms with Gasteiger partial charge in [-0.15, -0.1) is 0 Å². The van der Waals surface area contributed by atoms with E-state index in [1.165, 1.54) is 11.0 Å². The molecule has 0 aliphatic carbocycles. The molecule has 1 aliphatic heterocycles. The van der Waals surface area contributed by atoms with Gasteiger partial charge in [-0.3, -0.25) is 0 Å². The zero-order chi connectivity index (χ0) is 21.3. The Kier molecular flexibility index (Phi) is 6.11. The van der Waals surface area contributed by atoms with Gasteiger partial charge in [0.1, 0.15) is 17.4 Å². The van der Waals surface area contributed by atoms with Crippen LogP contribution in [0, 0.1) is 0 Å². The number of esters is 1. The highest BCUT2D eigenvalue weighted by atomic mass is 19.1. The normalized spacial score (nSPS) is 20.0. The third-order valence-corrected chi connectivity index (χ3v) is 3.93. The molecule has 0 bridgehead atoms. The Hall–Kier alpha value is -2.51. The van der Waals surface area contributed by atoms with Crippen LogP contribution in [-0.2, 0) is 9.47 Å². The highest BCUT2D eigenvalue weighted by molar-refractivity contribution is 5.92. The van der Waals surface area contributed by atoms with E-state index in [0.717, 1.165) is 0 Å². The van der Waals surface area contributed by atoms with Crippen molar-refractivity contribution in [3.8, 4) is 0 Å². The molecular weight excluding hydrogens is 365 g/mol. The molecule has 8 heteroatoms. The molecule has 1 fully saturated rings. The number of nitrogens with zero attached hydrogens (tertiary/aromatic N) is 1. The Morgan fingerprint density at radius 1 is 1.11 bits per heavy atom. The van der Waals surface area contributed by atoms with E-state index in [0.29, 0.717) is 16.9 Å². The Morgan fingerprint density at radius 2 is 1.71 bits per heavy atom. The summed E-state index contributed by atoms with van der Waals surface area (Å²) in [5, 5.41) is 3.01. The number of carbonyl (C=O) groups is 2. The van der Waals surface area contributed by atoms with Gasteiger partial charge in [0.2, 0.25) is 0 Å². The molecule has 2 atom stereocenters. The third-order valence-electron chi connectivity index (χ3n) is 3.93. The number of amides is 1. The number of hydrogen-bond acceptors (Lipinski definition) is 6. The number of hydrogen-bond donors (Lipinski definition) is 2. The van der Waals surface area contributed by atoms with Crippen molar-refractivity contribution in [1.82, 2.24) is 4.90 Å². The molecule has 1 heterocycles.